The molecule has 2 heterocycles. The molecule has 4 heteroatoms. The fourth-order valence-corrected chi connectivity index (χ4v) is 4.33. The van der Waals surface area contributed by atoms with Crippen LogP contribution in [0.1, 0.15) is 25.0 Å². The Morgan fingerprint density at radius 2 is 1.43 bits per heavy atom. The Kier molecular flexibility index (Phi) is 4.28. The maximum absolute atomic E-state index is 5.38. The van der Waals surface area contributed by atoms with E-state index in [1.165, 1.54) is 11.1 Å². The van der Waals surface area contributed by atoms with Crippen LogP contribution >= 0.6 is 0 Å². The third kappa shape index (κ3) is 2.84. The first-order chi connectivity index (χ1) is 14.6. The second-order valence-electron chi connectivity index (χ2n) is 7.99. The highest BCUT2D eigenvalue weighted by Crippen LogP contribution is 2.51. The van der Waals surface area contributed by atoms with Crippen LogP contribution < -0.4 is 9.64 Å². The SMILES string of the molecule is COc1cccc(-c2cc(N3c4ccccc4C(C)(C)c4ccccc43)ncn2)c1. The molecule has 0 amide bonds. The van der Waals surface area contributed by atoms with Gasteiger partial charge in [0.15, 0.2) is 0 Å². The first kappa shape index (κ1) is 18.4. The van der Waals surface area contributed by atoms with Crippen molar-refractivity contribution in [1.82, 2.24) is 9.97 Å². The molecule has 148 valence electrons. The van der Waals surface area contributed by atoms with Crippen LogP contribution in [0.5, 0.6) is 5.75 Å². The van der Waals surface area contributed by atoms with E-state index in [1.807, 2.05) is 30.3 Å². The number of fused-ring (bicyclic) bond motifs is 2. The van der Waals surface area contributed by atoms with Gasteiger partial charge in [-0.2, -0.15) is 0 Å². The molecule has 1 aliphatic rings. The average molecular weight is 393 g/mol. The van der Waals surface area contributed by atoms with Gasteiger partial charge in [-0.3, -0.25) is 4.90 Å². The van der Waals surface area contributed by atoms with Gasteiger partial charge < -0.3 is 4.74 Å². The summed E-state index contributed by atoms with van der Waals surface area (Å²) in [6, 6.07) is 27.1. The molecule has 0 radical (unpaired) electrons. The molecule has 5 rings (SSSR count). The Bertz CT molecular complexity index is 1180. The summed E-state index contributed by atoms with van der Waals surface area (Å²) >= 11 is 0. The monoisotopic (exact) mass is 393 g/mol. The molecular formula is C26H23N3O. The van der Waals surface area contributed by atoms with Crippen LogP contribution in [0.4, 0.5) is 17.2 Å². The molecule has 0 spiro atoms. The van der Waals surface area contributed by atoms with Gasteiger partial charge in [0.2, 0.25) is 0 Å². The molecular weight excluding hydrogens is 370 g/mol. The maximum atomic E-state index is 5.38. The molecule has 0 saturated carbocycles. The zero-order valence-electron chi connectivity index (χ0n) is 17.3. The van der Waals surface area contributed by atoms with Crippen LogP contribution in [0.3, 0.4) is 0 Å². The molecule has 1 aliphatic heterocycles. The van der Waals surface area contributed by atoms with E-state index in [-0.39, 0.29) is 5.41 Å². The molecule has 4 aromatic rings. The second-order valence-corrected chi connectivity index (χ2v) is 7.99. The minimum atomic E-state index is -0.0909. The molecule has 1 aromatic heterocycles. The number of ether oxygens (including phenoxy) is 1. The molecule has 0 atom stereocenters. The molecule has 0 fully saturated rings. The molecule has 0 unspecified atom stereocenters. The van der Waals surface area contributed by atoms with Gasteiger partial charge in [-0.15, -0.1) is 0 Å². The van der Waals surface area contributed by atoms with E-state index < -0.39 is 0 Å². The third-order valence-electron chi connectivity index (χ3n) is 5.88. The highest BCUT2D eigenvalue weighted by atomic mass is 16.5. The number of hydrogen-bond acceptors (Lipinski definition) is 4. The third-order valence-corrected chi connectivity index (χ3v) is 5.88. The van der Waals surface area contributed by atoms with Crippen LogP contribution in [0, 0.1) is 0 Å². The molecule has 0 bridgehead atoms. The summed E-state index contributed by atoms with van der Waals surface area (Å²) in [5.41, 5.74) is 6.63. The minimum absolute atomic E-state index is 0.0909. The zero-order chi connectivity index (χ0) is 20.7. The van der Waals surface area contributed by atoms with E-state index in [0.29, 0.717) is 0 Å². The zero-order valence-corrected chi connectivity index (χ0v) is 17.3. The normalized spacial score (nSPS) is 14.0. The topological polar surface area (TPSA) is 38.2 Å². The van der Waals surface area contributed by atoms with Gasteiger partial charge in [-0.25, -0.2) is 9.97 Å². The summed E-state index contributed by atoms with van der Waals surface area (Å²) < 4.78 is 5.38. The standard InChI is InChI=1S/C26H23N3O/c1-26(2)20-11-4-6-13-23(20)29(24-14-7-5-12-21(24)26)25-16-22(27-17-28-25)18-9-8-10-19(15-18)30-3/h4-17H,1-3H3. The van der Waals surface area contributed by atoms with Gasteiger partial charge in [0.1, 0.15) is 17.9 Å². The molecule has 0 aliphatic carbocycles. The fourth-order valence-electron chi connectivity index (χ4n) is 4.33. The molecule has 4 nitrogen and oxygen atoms in total. The van der Waals surface area contributed by atoms with Crippen molar-refractivity contribution in [3.63, 3.8) is 0 Å². The van der Waals surface area contributed by atoms with Crippen LogP contribution in [0.2, 0.25) is 0 Å². The summed E-state index contributed by atoms with van der Waals surface area (Å²) in [6.45, 7) is 4.56. The van der Waals surface area contributed by atoms with Crippen LogP contribution in [-0.2, 0) is 5.41 Å². The summed E-state index contributed by atoms with van der Waals surface area (Å²) in [6.07, 6.45) is 1.63. The van der Waals surface area contributed by atoms with E-state index in [1.54, 1.807) is 13.4 Å². The van der Waals surface area contributed by atoms with Crippen molar-refractivity contribution in [2.45, 2.75) is 19.3 Å². The average Bonchev–Trinajstić information content (AvgIpc) is 2.80. The predicted octanol–water partition coefficient (Wildman–Crippen LogP) is 6.26. The Morgan fingerprint density at radius 1 is 0.767 bits per heavy atom. The summed E-state index contributed by atoms with van der Waals surface area (Å²) in [4.78, 5) is 11.4. The van der Waals surface area contributed by atoms with Gasteiger partial charge in [0.05, 0.1) is 24.2 Å². The van der Waals surface area contributed by atoms with Gasteiger partial charge in [-0.1, -0.05) is 62.4 Å². The lowest BCUT2D eigenvalue weighted by molar-refractivity contribution is 0.415. The number of nitrogens with zero attached hydrogens (tertiary/aromatic N) is 3. The summed E-state index contributed by atoms with van der Waals surface area (Å²) in [5.74, 6) is 1.65. The lowest BCUT2D eigenvalue weighted by atomic mass is 9.73. The second kappa shape index (κ2) is 6.99. The molecule has 0 saturated heterocycles. The predicted molar refractivity (Wildman–Crippen MR) is 121 cm³/mol. The number of rotatable bonds is 3. The Hall–Kier alpha value is -3.66. The highest BCUT2D eigenvalue weighted by Gasteiger charge is 2.36. The Labute approximate surface area is 176 Å². The van der Waals surface area contributed by atoms with Crippen LogP contribution in [0.15, 0.2) is 85.2 Å². The first-order valence-corrected chi connectivity index (χ1v) is 10.1. The number of benzene rings is 3. The largest absolute Gasteiger partial charge is 0.497 e. The van der Waals surface area contributed by atoms with E-state index in [4.69, 9.17) is 4.74 Å². The fraction of sp³-hybridized carbons (Fsp3) is 0.154. The molecule has 0 N–H and O–H groups in total. The van der Waals surface area contributed by atoms with Gasteiger partial charge >= 0.3 is 0 Å². The van der Waals surface area contributed by atoms with Gasteiger partial charge in [-0.05, 0) is 35.4 Å². The lowest BCUT2D eigenvalue weighted by Crippen LogP contribution is -2.30. The van der Waals surface area contributed by atoms with Crippen molar-refractivity contribution in [2.24, 2.45) is 0 Å². The van der Waals surface area contributed by atoms with E-state index in [2.05, 4.69) is 77.2 Å². The number of aromatic nitrogens is 2. The van der Waals surface area contributed by atoms with Gasteiger partial charge in [0.25, 0.3) is 0 Å². The van der Waals surface area contributed by atoms with Crippen molar-refractivity contribution in [2.75, 3.05) is 12.0 Å². The molecule has 3 aromatic carbocycles. The van der Waals surface area contributed by atoms with Crippen LogP contribution in [0.25, 0.3) is 11.3 Å². The van der Waals surface area contributed by atoms with Crippen molar-refractivity contribution in [3.05, 3.63) is 96.3 Å². The minimum Gasteiger partial charge on any atom is -0.497 e. The number of methoxy groups -OCH3 is 1. The highest BCUT2D eigenvalue weighted by molar-refractivity contribution is 5.85. The quantitative estimate of drug-likeness (QED) is 0.412. The van der Waals surface area contributed by atoms with Crippen molar-refractivity contribution in [3.8, 4) is 17.0 Å². The summed E-state index contributed by atoms with van der Waals surface area (Å²) in [7, 11) is 1.67. The lowest BCUT2D eigenvalue weighted by Gasteiger charge is -2.41. The van der Waals surface area contributed by atoms with Crippen molar-refractivity contribution in [1.29, 1.82) is 0 Å². The smallest absolute Gasteiger partial charge is 0.141 e. The van der Waals surface area contributed by atoms with E-state index in [0.717, 1.165) is 34.2 Å². The first-order valence-electron chi connectivity index (χ1n) is 10.1. The maximum Gasteiger partial charge on any atom is 0.141 e. The molecule has 30 heavy (non-hydrogen) atoms. The Morgan fingerprint density at radius 3 is 2.10 bits per heavy atom. The Balaban J connectivity index is 1.70. The van der Waals surface area contributed by atoms with Crippen molar-refractivity contribution < 1.29 is 4.74 Å². The van der Waals surface area contributed by atoms with E-state index >= 15 is 0 Å². The van der Waals surface area contributed by atoms with Crippen LogP contribution in [-0.4, -0.2) is 17.1 Å². The van der Waals surface area contributed by atoms with Crippen molar-refractivity contribution >= 4 is 17.2 Å². The van der Waals surface area contributed by atoms with E-state index in [9.17, 15) is 0 Å². The number of para-hydroxylation sites is 2. The number of anilines is 3. The van der Waals surface area contributed by atoms with Gasteiger partial charge in [0, 0.05) is 17.0 Å². The summed E-state index contributed by atoms with van der Waals surface area (Å²) in [5, 5.41) is 0. The number of hydrogen-bond donors (Lipinski definition) is 0.